The summed E-state index contributed by atoms with van der Waals surface area (Å²) in [5, 5.41) is 8.97. The largest absolute Gasteiger partial charge is 0.480 e. The van der Waals surface area contributed by atoms with Crippen molar-refractivity contribution in [2.45, 2.75) is 18.9 Å². The molecule has 1 aliphatic heterocycles. The highest BCUT2D eigenvalue weighted by atomic mass is 19.1. The van der Waals surface area contributed by atoms with Crippen LogP contribution in [0, 0.1) is 5.82 Å². The van der Waals surface area contributed by atoms with Crippen molar-refractivity contribution in [3.05, 3.63) is 35.6 Å². The average Bonchev–Trinajstić information content (AvgIpc) is 2.77. The van der Waals surface area contributed by atoms with Crippen LogP contribution in [0.15, 0.2) is 24.3 Å². The molecule has 1 atom stereocenters. The SMILES string of the molecule is O=C(O)[C@H]1CCCN1C(=O)c1cccc(F)c1. The molecule has 5 heteroatoms. The zero-order valence-corrected chi connectivity index (χ0v) is 9.10. The van der Waals surface area contributed by atoms with E-state index in [-0.39, 0.29) is 5.56 Å². The van der Waals surface area contributed by atoms with E-state index in [0.717, 1.165) is 6.07 Å². The second-order valence-corrected chi connectivity index (χ2v) is 4.01. The van der Waals surface area contributed by atoms with Crippen LogP contribution in [0.3, 0.4) is 0 Å². The number of benzene rings is 1. The molecule has 1 N–H and O–H groups in total. The molecule has 0 bridgehead atoms. The van der Waals surface area contributed by atoms with Crippen molar-refractivity contribution in [1.29, 1.82) is 0 Å². The van der Waals surface area contributed by atoms with E-state index in [1.807, 2.05) is 0 Å². The molecule has 0 aliphatic carbocycles. The zero-order chi connectivity index (χ0) is 12.4. The molecule has 0 saturated carbocycles. The maximum absolute atomic E-state index is 13.0. The van der Waals surface area contributed by atoms with Gasteiger partial charge in [-0.05, 0) is 31.0 Å². The van der Waals surface area contributed by atoms with Gasteiger partial charge in [-0.3, -0.25) is 4.79 Å². The summed E-state index contributed by atoms with van der Waals surface area (Å²) < 4.78 is 13.0. The van der Waals surface area contributed by atoms with Crippen LogP contribution in [0.4, 0.5) is 4.39 Å². The highest BCUT2D eigenvalue weighted by Crippen LogP contribution is 2.20. The highest BCUT2D eigenvalue weighted by Gasteiger charge is 2.34. The van der Waals surface area contributed by atoms with E-state index in [0.29, 0.717) is 19.4 Å². The molecule has 1 aromatic carbocycles. The number of hydrogen-bond donors (Lipinski definition) is 1. The number of carbonyl (C=O) groups is 2. The molecular weight excluding hydrogens is 225 g/mol. The quantitative estimate of drug-likeness (QED) is 0.848. The summed E-state index contributed by atoms with van der Waals surface area (Å²) in [5.74, 6) is -1.93. The smallest absolute Gasteiger partial charge is 0.326 e. The Labute approximate surface area is 97.7 Å². The Morgan fingerprint density at radius 3 is 2.82 bits per heavy atom. The monoisotopic (exact) mass is 237 g/mol. The number of rotatable bonds is 2. The molecule has 2 rings (SSSR count). The molecule has 0 radical (unpaired) electrons. The van der Waals surface area contributed by atoms with Crippen molar-refractivity contribution in [2.24, 2.45) is 0 Å². The second kappa shape index (κ2) is 4.53. The van der Waals surface area contributed by atoms with E-state index in [9.17, 15) is 14.0 Å². The number of nitrogens with zero attached hydrogens (tertiary/aromatic N) is 1. The van der Waals surface area contributed by atoms with Gasteiger partial charge >= 0.3 is 5.97 Å². The van der Waals surface area contributed by atoms with Crippen LogP contribution in [-0.2, 0) is 4.79 Å². The van der Waals surface area contributed by atoms with Gasteiger partial charge in [0.25, 0.3) is 5.91 Å². The molecule has 1 aromatic rings. The van der Waals surface area contributed by atoms with Crippen LogP contribution in [0.2, 0.25) is 0 Å². The first-order valence-electron chi connectivity index (χ1n) is 5.39. The fourth-order valence-corrected chi connectivity index (χ4v) is 2.05. The number of carboxylic acids is 1. The van der Waals surface area contributed by atoms with E-state index in [1.54, 1.807) is 0 Å². The Balaban J connectivity index is 2.23. The van der Waals surface area contributed by atoms with Crippen molar-refractivity contribution in [2.75, 3.05) is 6.54 Å². The number of aliphatic carboxylic acids is 1. The first kappa shape index (κ1) is 11.6. The van der Waals surface area contributed by atoms with Gasteiger partial charge in [0.05, 0.1) is 0 Å². The van der Waals surface area contributed by atoms with Crippen molar-refractivity contribution < 1.29 is 19.1 Å². The summed E-state index contributed by atoms with van der Waals surface area (Å²) in [6.07, 6.45) is 1.12. The van der Waals surface area contributed by atoms with Gasteiger partial charge in [-0.15, -0.1) is 0 Å². The van der Waals surface area contributed by atoms with Crippen LogP contribution in [0.25, 0.3) is 0 Å². The van der Waals surface area contributed by atoms with Crippen molar-refractivity contribution in [3.8, 4) is 0 Å². The number of carboxylic acid groups (broad SMARTS) is 1. The number of halogens is 1. The number of hydrogen-bond acceptors (Lipinski definition) is 2. The van der Waals surface area contributed by atoms with Crippen LogP contribution in [0.5, 0.6) is 0 Å². The maximum atomic E-state index is 13.0. The lowest BCUT2D eigenvalue weighted by molar-refractivity contribution is -0.141. The van der Waals surface area contributed by atoms with Crippen molar-refractivity contribution in [1.82, 2.24) is 4.90 Å². The van der Waals surface area contributed by atoms with E-state index in [4.69, 9.17) is 5.11 Å². The van der Waals surface area contributed by atoms with Crippen LogP contribution in [-0.4, -0.2) is 34.5 Å². The molecule has 1 fully saturated rings. The number of amides is 1. The van der Waals surface area contributed by atoms with Gasteiger partial charge in [-0.1, -0.05) is 6.07 Å². The molecule has 0 aromatic heterocycles. The zero-order valence-electron chi connectivity index (χ0n) is 9.10. The van der Waals surface area contributed by atoms with Gasteiger partial charge < -0.3 is 10.0 Å². The number of likely N-dealkylation sites (tertiary alicyclic amines) is 1. The third-order valence-corrected chi connectivity index (χ3v) is 2.87. The molecule has 1 heterocycles. The Bertz CT molecular complexity index is 461. The second-order valence-electron chi connectivity index (χ2n) is 4.01. The lowest BCUT2D eigenvalue weighted by atomic mass is 10.1. The van der Waals surface area contributed by atoms with Gasteiger partial charge in [0, 0.05) is 12.1 Å². The van der Waals surface area contributed by atoms with E-state index in [1.165, 1.54) is 23.1 Å². The lowest BCUT2D eigenvalue weighted by Crippen LogP contribution is -2.40. The predicted molar refractivity (Wildman–Crippen MR) is 58.1 cm³/mol. The molecule has 0 spiro atoms. The molecule has 1 saturated heterocycles. The van der Waals surface area contributed by atoms with Gasteiger partial charge in [-0.2, -0.15) is 0 Å². The van der Waals surface area contributed by atoms with Crippen LogP contribution >= 0.6 is 0 Å². The minimum absolute atomic E-state index is 0.193. The fraction of sp³-hybridized carbons (Fsp3) is 0.333. The van der Waals surface area contributed by atoms with Gasteiger partial charge in [0.15, 0.2) is 0 Å². The normalized spacial score (nSPS) is 19.4. The topological polar surface area (TPSA) is 57.6 Å². The summed E-state index contributed by atoms with van der Waals surface area (Å²) >= 11 is 0. The summed E-state index contributed by atoms with van der Waals surface area (Å²) in [7, 11) is 0. The van der Waals surface area contributed by atoms with Crippen LogP contribution in [0.1, 0.15) is 23.2 Å². The summed E-state index contributed by atoms with van der Waals surface area (Å²) in [5.41, 5.74) is 0.193. The summed E-state index contributed by atoms with van der Waals surface area (Å²) in [6, 6.07) is 4.51. The molecule has 1 aliphatic rings. The molecule has 17 heavy (non-hydrogen) atoms. The maximum Gasteiger partial charge on any atom is 0.326 e. The minimum Gasteiger partial charge on any atom is -0.480 e. The predicted octanol–water partition coefficient (Wildman–Crippen LogP) is 1.51. The Hall–Kier alpha value is -1.91. The Kier molecular flexibility index (Phi) is 3.08. The fourth-order valence-electron chi connectivity index (χ4n) is 2.05. The van der Waals surface area contributed by atoms with Crippen molar-refractivity contribution in [3.63, 3.8) is 0 Å². The average molecular weight is 237 g/mol. The van der Waals surface area contributed by atoms with Gasteiger partial charge in [-0.25, -0.2) is 9.18 Å². The molecule has 4 nitrogen and oxygen atoms in total. The molecule has 1 amide bonds. The first-order chi connectivity index (χ1) is 8.09. The van der Waals surface area contributed by atoms with Gasteiger partial charge in [0.2, 0.25) is 0 Å². The minimum atomic E-state index is -1.01. The van der Waals surface area contributed by atoms with Crippen LogP contribution < -0.4 is 0 Å². The summed E-state index contributed by atoms with van der Waals surface area (Å²) in [4.78, 5) is 24.2. The number of carbonyl (C=O) groups excluding carboxylic acids is 1. The Morgan fingerprint density at radius 2 is 2.18 bits per heavy atom. The van der Waals surface area contributed by atoms with E-state index >= 15 is 0 Å². The third kappa shape index (κ3) is 2.27. The summed E-state index contributed by atoms with van der Waals surface area (Å²) in [6.45, 7) is 0.409. The molecule has 0 unspecified atom stereocenters. The standard InChI is InChI=1S/C12H12FNO3/c13-9-4-1-3-8(7-9)11(15)14-6-2-5-10(14)12(16)17/h1,3-4,7,10H,2,5-6H2,(H,16,17)/t10-/m1/s1. The molecular formula is C12H12FNO3. The van der Waals surface area contributed by atoms with Gasteiger partial charge in [0.1, 0.15) is 11.9 Å². The van der Waals surface area contributed by atoms with Crippen molar-refractivity contribution >= 4 is 11.9 Å². The van der Waals surface area contributed by atoms with E-state index < -0.39 is 23.7 Å². The first-order valence-corrected chi connectivity index (χ1v) is 5.39. The Morgan fingerprint density at radius 1 is 1.41 bits per heavy atom. The lowest BCUT2D eigenvalue weighted by Gasteiger charge is -2.21. The van der Waals surface area contributed by atoms with E-state index in [2.05, 4.69) is 0 Å². The molecule has 90 valence electrons. The highest BCUT2D eigenvalue weighted by molar-refractivity contribution is 5.96. The third-order valence-electron chi connectivity index (χ3n) is 2.87.